The molecule has 9 heteroatoms. The summed E-state index contributed by atoms with van der Waals surface area (Å²) in [6, 6.07) is 16.6. The number of aliphatic carboxylic acids is 1. The molecule has 3 amide bonds. The van der Waals surface area contributed by atoms with Gasteiger partial charge in [-0.05, 0) is 11.1 Å². The standard InChI is InChI=1S/C22H25N3O6/c23-20(29)18(14-31-13-17-9-5-2-6-10-17)25-21(30)22(24-15-26,12-19(27)28)11-16-7-3-1-4-8-16/h1-10,15,18H,11-14H2,(H2,23,29)(H,24,26)(H,25,30)(H,27,28)/t18-,22-/m0/s1. The Morgan fingerprint density at radius 2 is 1.61 bits per heavy atom. The Labute approximate surface area is 179 Å². The first-order valence-electron chi connectivity index (χ1n) is 9.55. The molecule has 0 saturated carbocycles. The molecule has 164 valence electrons. The van der Waals surface area contributed by atoms with Crippen LogP contribution in [0.15, 0.2) is 60.7 Å². The van der Waals surface area contributed by atoms with Crippen LogP contribution in [0.5, 0.6) is 0 Å². The number of nitrogens with one attached hydrogen (secondary N) is 2. The molecule has 0 radical (unpaired) electrons. The molecule has 0 aliphatic rings. The molecule has 2 aromatic carbocycles. The maximum Gasteiger partial charge on any atom is 0.306 e. The minimum absolute atomic E-state index is 0.0962. The van der Waals surface area contributed by atoms with Crippen LogP contribution in [0.3, 0.4) is 0 Å². The van der Waals surface area contributed by atoms with E-state index in [0.717, 1.165) is 5.56 Å². The minimum atomic E-state index is -1.82. The second-order valence-corrected chi connectivity index (χ2v) is 7.01. The summed E-state index contributed by atoms with van der Waals surface area (Å²) in [5, 5.41) is 14.1. The molecule has 0 unspecified atom stereocenters. The van der Waals surface area contributed by atoms with Gasteiger partial charge in [-0.15, -0.1) is 0 Å². The van der Waals surface area contributed by atoms with Crippen molar-refractivity contribution in [2.75, 3.05) is 6.61 Å². The van der Waals surface area contributed by atoms with Crippen molar-refractivity contribution in [3.05, 3.63) is 71.8 Å². The average molecular weight is 427 g/mol. The highest BCUT2D eigenvalue weighted by molar-refractivity contribution is 5.95. The minimum Gasteiger partial charge on any atom is -0.481 e. The van der Waals surface area contributed by atoms with E-state index < -0.39 is 35.8 Å². The Bertz CT molecular complexity index is 891. The molecule has 0 fully saturated rings. The number of carboxylic acids is 1. The summed E-state index contributed by atoms with van der Waals surface area (Å²) in [7, 11) is 0. The van der Waals surface area contributed by atoms with Gasteiger partial charge in [0, 0.05) is 6.42 Å². The number of primary amides is 1. The Balaban J connectivity index is 2.16. The van der Waals surface area contributed by atoms with Gasteiger partial charge in [0.1, 0.15) is 11.6 Å². The van der Waals surface area contributed by atoms with Gasteiger partial charge in [-0.1, -0.05) is 60.7 Å². The zero-order valence-electron chi connectivity index (χ0n) is 16.8. The third-order valence-corrected chi connectivity index (χ3v) is 4.62. The van der Waals surface area contributed by atoms with E-state index in [1.165, 1.54) is 0 Å². The van der Waals surface area contributed by atoms with E-state index in [0.29, 0.717) is 5.56 Å². The molecule has 0 spiro atoms. The van der Waals surface area contributed by atoms with Crippen LogP contribution in [0.2, 0.25) is 0 Å². The number of hydrogen-bond donors (Lipinski definition) is 4. The maximum absolute atomic E-state index is 13.1. The highest BCUT2D eigenvalue weighted by Gasteiger charge is 2.42. The van der Waals surface area contributed by atoms with E-state index in [2.05, 4.69) is 10.6 Å². The second-order valence-electron chi connectivity index (χ2n) is 7.01. The number of carbonyl (C=O) groups excluding carboxylic acids is 3. The lowest BCUT2D eigenvalue weighted by molar-refractivity contribution is -0.144. The number of amides is 3. The summed E-state index contributed by atoms with van der Waals surface area (Å²) in [5.41, 5.74) is 5.07. The predicted molar refractivity (Wildman–Crippen MR) is 112 cm³/mol. The molecule has 0 aliphatic heterocycles. The van der Waals surface area contributed by atoms with E-state index >= 15 is 0 Å². The fraction of sp³-hybridized carbons (Fsp3) is 0.273. The lowest BCUT2D eigenvalue weighted by Gasteiger charge is -2.32. The van der Waals surface area contributed by atoms with Crippen molar-refractivity contribution in [3.63, 3.8) is 0 Å². The van der Waals surface area contributed by atoms with Crippen molar-refractivity contribution in [1.29, 1.82) is 0 Å². The fourth-order valence-electron chi connectivity index (χ4n) is 3.07. The number of rotatable bonds is 13. The van der Waals surface area contributed by atoms with Gasteiger partial charge in [-0.25, -0.2) is 0 Å². The van der Waals surface area contributed by atoms with Crippen LogP contribution in [0.25, 0.3) is 0 Å². The quantitative estimate of drug-likeness (QED) is 0.340. The number of hydrogen-bond acceptors (Lipinski definition) is 5. The van der Waals surface area contributed by atoms with Crippen molar-refractivity contribution < 1.29 is 29.0 Å². The third kappa shape index (κ3) is 7.23. The van der Waals surface area contributed by atoms with Gasteiger partial charge >= 0.3 is 5.97 Å². The largest absolute Gasteiger partial charge is 0.481 e. The molecule has 0 bridgehead atoms. The number of carbonyl (C=O) groups is 4. The highest BCUT2D eigenvalue weighted by Crippen LogP contribution is 2.19. The molecule has 2 aromatic rings. The average Bonchev–Trinajstić information content (AvgIpc) is 2.74. The smallest absolute Gasteiger partial charge is 0.306 e. The first-order chi connectivity index (χ1) is 14.9. The van der Waals surface area contributed by atoms with E-state index in [9.17, 15) is 24.3 Å². The van der Waals surface area contributed by atoms with E-state index in [-0.39, 0.29) is 26.0 Å². The molecular weight excluding hydrogens is 402 g/mol. The van der Waals surface area contributed by atoms with Crippen LogP contribution in [0.1, 0.15) is 17.5 Å². The van der Waals surface area contributed by atoms with Crippen molar-refractivity contribution in [2.45, 2.75) is 31.0 Å². The Kier molecular flexibility index (Phi) is 8.71. The monoisotopic (exact) mass is 427 g/mol. The van der Waals surface area contributed by atoms with Crippen LogP contribution in [0.4, 0.5) is 0 Å². The zero-order valence-corrected chi connectivity index (χ0v) is 16.8. The molecule has 2 rings (SSSR count). The van der Waals surface area contributed by atoms with Gasteiger partial charge < -0.3 is 26.2 Å². The van der Waals surface area contributed by atoms with Crippen molar-refractivity contribution >= 4 is 24.2 Å². The first kappa shape index (κ1) is 23.6. The topological polar surface area (TPSA) is 148 Å². The SMILES string of the molecule is NC(=O)[C@H](COCc1ccccc1)NC(=O)[C@@](CC(=O)O)(Cc1ccccc1)NC=O. The Morgan fingerprint density at radius 1 is 1.03 bits per heavy atom. The number of carboxylic acid groups (broad SMARTS) is 1. The predicted octanol–water partition coefficient (Wildman–Crippen LogP) is 0.376. The molecule has 9 nitrogen and oxygen atoms in total. The number of benzene rings is 2. The van der Waals surface area contributed by atoms with Crippen LogP contribution in [0, 0.1) is 0 Å². The maximum atomic E-state index is 13.1. The third-order valence-electron chi connectivity index (χ3n) is 4.62. The summed E-state index contributed by atoms with van der Waals surface area (Å²) in [4.78, 5) is 47.7. The zero-order chi connectivity index (χ0) is 22.7. The molecule has 31 heavy (non-hydrogen) atoms. The second kappa shape index (κ2) is 11.5. The highest BCUT2D eigenvalue weighted by atomic mass is 16.5. The van der Waals surface area contributed by atoms with Crippen LogP contribution in [-0.2, 0) is 36.9 Å². The molecular formula is C22H25N3O6. The Hall–Kier alpha value is -3.72. The molecule has 0 saturated heterocycles. The molecule has 5 N–H and O–H groups in total. The van der Waals surface area contributed by atoms with Crippen molar-refractivity contribution in [3.8, 4) is 0 Å². The summed E-state index contributed by atoms with van der Waals surface area (Å²) in [6.07, 6.45) is -0.527. The van der Waals surface area contributed by atoms with E-state index in [4.69, 9.17) is 10.5 Å². The summed E-state index contributed by atoms with van der Waals surface area (Å²) < 4.78 is 5.49. The van der Waals surface area contributed by atoms with Gasteiger partial charge in [-0.3, -0.25) is 19.2 Å². The van der Waals surface area contributed by atoms with Crippen LogP contribution >= 0.6 is 0 Å². The fourth-order valence-corrected chi connectivity index (χ4v) is 3.07. The summed E-state index contributed by atoms with van der Waals surface area (Å²) in [5.74, 6) is -2.99. The van der Waals surface area contributed by atoms with Gasteiger partial charge in [0.2, 0.25) is 18.2 Å². The van der Waals surface area contributed by atoms with Crippen LogP contribution < -0.4 is 16.4 Å². The first-order valence-corrected chi connectivity index (χ1v) is 9.55. The molecule has 2 atom stereocenters. The molecule has 0 aromatic heterocycles. The number of ether oxygens (including phenoxy) is 1. The summed E-state index contributed by atoms with van der Waals surface area (Å²) >= 11 is 0. The molecule has 0 aliphatic carbocycles. The summed E-state index contributed by atoms with van der Waals surface area (Å²) in [6.45, 7) is -0.0249. The van der Waals surface area contributed by atoms with E-state index in [1.807, 2.05) is 30.3 Å². The molecule has 0 heterocycles. The van der Waals surface area contributed by atoms with Gasteiger partial charge in [0.15, 0.2) is 0 Å². The van der Waals surface area contributed by atoms with Gasteiger partial charge in [0.05, 0.1) is 19.6 Å². The lowest BCUT2D eigenvalue weighted by Crippen LogP contribution is -2.62. The van der Waals surface area contributed by atoms with Gasteiger partial charge in [0.25, 0.3) is 0 Å². The van der Waals surface area contributed by atoms with Crippen molar-refractivity contribution in [2.24, 2.45) is 5.73 Å². The Morgan fingerprint density at radius 3 is 2.13 bits per heavy atom. The normalized spacial score (nSPS) is 13.4. The van der Waals surface area contributed by atoms with Crippen molar-refractivity contribution in [1.82, 2.24) is 10.6 Å². The lowest BCUT2D eigenvalue weighted by atomic mass is 9.86. The van der Waals surface area contributed by atoms with Crippen LogP contribution in [-0.4, -0.2) is 47.5 Å². The van der Waals surface area contributed by atoms with E-state index in [1.54, 1.807) is 30.3 Å². The van der Waals surface area contributed by atoms with Gasteiger partial charge in [-0.2, -0.15) is 0 Å². The number of nitrogens with two attached hydrogens (primary N) is 1.